The molecule has 18 heavy (non-hydrogen) atoms. The summed E-state index contributed by atoms with van der Waals surface area (Å²) in [5.74, 6) is -0.359. The molecule has 0 aliphatic heterocycles. The molecule has 0 radical (unpaired) electrons. The number of halogens is 1. The van der Waals surface area contributed by atoms with Crippen LogP contribution in [-0.4, -0.2) is 5.11 Å². The Morgan fingerprint density at radius 3 is 2.33 bits per heavy atom. The fourth-order valence-electron chi connectivity index (χ4n) is 1.97. The van der Waals surface area contributed by atoms with E-state index in [4.69, 9.17) is 0 Å². The van der Waals surface area contributed by atoms with E-state index in [0.29, 0.717) is 5.56 Å². The topological polar surface area (TPSA) is 20.2 Å². The van der Waals surface area contributed by atoms with E-state index in [1.54, 1.807) is 6.07 Å². The quantitative estimate of drug-likeness (QED) is 0.871. The van der Waals surface area contributed by atoms with Crippen LogP contribution in [0.3, 0.4) is 0 Å². The van der Waals surface area contributed by atoms with Gasteiger partial charge < -0.3 is 5.11 Å². The summed E-state index contributed by atoms with van der Waals surface area (Å²) < 4.78 is 13.8. The van der Waals surface area contributed by atoms with Crippen molar-refractivity contribution < 1.29 is 9.50 Å². The third-order valence-corrected chi connectivity index (χ3v) is 3.15. The third kappa shape index (κ3) is 2.59. The second-order valence-electron chi connectivity index (χ2n) is 4.52. The summed E-state index contributed by atoms with van der Waals surface area (Å²) in [6.45, 7) is 3.90. The van der Waals surface area contributed by atoms with Crippen LogP contribution < -0.4 is 0 Å². The van der Waals surface area contributed by atoms with Crippen molar-refractivity contribution in [2.75, 3.05) is 0 Å². The molecule has 0 amide bonds. The fourth-order valence-corrected chi connectivity index (χ4v) is 1.97. The Morgan fingerprint density at radius 2 is 1.78 bits per heavy atom. The van der Waals surface area contributed by atoms with Crippen molar-refractivity contribution in [3.63, 3.8) is 0 Å². The molecule has 0 aliphatic carbocycles. The number of rotatable bonds is 3. The van der Waals surface area contributed by atoms with Crippen molar-refractivity contribution in [3.05, 3.63) is 70.5 Å². The van der Waals surface area contributed by atoms with Crippen LogP contribution in [0.25, 0.3) is 0 Å². The molecule has 0 spiro atoms. The number of benzene rings is 2. The van der Waals surface area contributed by atoms with Crippen molar-refractivity contribution in [2.45, 2.75) is 26.4 Å². The van der Waals surface area contributed by atoms with Gasteiger partial charge in [-0.25, -0.2) is 4.39 Å². The molecule has 2 rings (SSSR count). The van der Waals surface area contributed by atoms with Crippen molar-refractivity contribution in [1.29, 1.82) is 0 Å². The van der Waals surface area contributed by atoms with Gasteiger partial charge in [0.05, 0.1) is 0 Å². The predicted molar refractivity (Wildman–Crippen MR) is 71.0 cm³/mol. The first-order valence-corrected chi connectivity index (χ1v) is 6.14. The van der Waals surface area contributed by atoms with E-state index in [0.717, 1.165) is 17.5 Å². The Bertz CT molecular complexity index is 531. The lowest BCUT2D eigenvalue weighted by atomic mass is 9.98. The van der Waals surface area contributed by atoms with Crippen LogP contribution in [0, 0.1) is 12.7 Å². The number of aliphatic hydroxyl groups is 1. The number of aryl methyl sites for hydroxylation is 2. The average molecular weight is 244 g/mol. The molecular weight excluding hydrogens is 227 g/mol. The highest BCUT2D eigenvalue weighted by Gasteiger charge is 2.14. The first-order chi connectivity index (χ1) is 8.61. The molecule has 0 fully saturated rings. The van der Waals surface area contributed by atoms with Crippen molar-refractivity contribution in [3.8, 4) is 0 Å². The van der Waals surface area contributed by atoms with Gasteiger partial charge in [-0.05, 0) is 36.1 Å². The Kier molecular flexibility index (Phi) is 3.78. The molecule has 0 saturated heterocycles. The van der Waals surface area contributed by atoms with Crippen molar-refractivity contribution in [2.24, 2.45) is 0 Å². The van der Waals surface area contributed by atoms with Gasteiger partial charge in [-0.2, -0.15) is 0 Å². The van der Waals surface area contributed by atoms with Gasteiger partial charge in [-0.1, -0.05) is 43.3 Å². The number of aliphatic hydroxyl groups excluding tert-OH is 1. The molecule has 0 heterocycles. The molecule has 1 unspecified atom stereocenters. The highest BCUT2D eigenvalue weighted by Crippen LogP contribution is 2.25. The lowest BCUT2D eigenvalue weighted by Crippen LogP contribution is -2.03. The average Bonchev–Trinajstić information content (AvgIpc) is 2.38. The summed E-state index contributed by atoms with van der Waals surface area (Å²) in [4.78, 5) is 0. The second-order valence-corrected chi connectivity index (χ2v) is 4.52. The molecular formula is C16H17FO. The predicted octanol–water partition coefficient (Wildman–Crippen LogP) is 3.78. The fraction of sp³-hybridized carbons (Fsp3) is 0.250. The van der Waals surface area contributed by atoms with Gasteiger partial charge in [0.15, 0.2) is 0 Å². The van der Waals surface area contributed by atoms with Crippen LogP contribution in [-0.2, 0) is 6.42 Å². The maximum atomic E-state index is 13.8. The smallest absolute Gasteiger partial charge is 0.129 e. The highest BCUT2D eigenvalue weighted by molar-refractivity contribution is 5.34. The minimum atomic E-state index is -0.906. The molecule has 2 heteroatoms. The van der Waals surface area contributed by atoms with E-state index in [2.05, 4.69) is 6.92 Å². The van der Waals surface area contributed by atoms with E-state index in [1.807, 2.05) is 37.3 Å². The van der Waals surface area contributed by atoms with Crippen LogP contribution in [0.4, 0.5) is 4.39 Å². The molecule has 1 atom stereocenters. The zero-order valence-corrected chi connectivity index (χ0v) is 10.7. The van der Waals surface area contributed by atoms with Gasteiger partial charge >= 0.3 is 0 Å². The van der Waals surface area contributed by atoms with Gasteiger partial charge in [0.25, 0.3) is 0 Å². The molecule has 0 bridgehead atoms. The summed E-state index contributed by atoms with van der Waals surface area (Å²) in [5.41, 5.74) is 3.10. The Balaban J connectivity index is 2.31. The molecule has 0 aromatic heterocycles. The molecule has 1 N–H and O–H groups in total. The molecule has 2 aromatic carbocycles. The van der Waals surface area contributed by atoms with Gasteiger partial charge in [-0.15, -0.1) is 0 Å². The van der Waals surface area contributed by atoms with E-state index in [9.17, 15) is 9.50 Å². The second kappa shape index (κ2) is 5.32. The maximum Gasteiger partial charge on any atom is 0.129 e. The Morgan fingerprint density at radius 1 is 1.11 bits per heavy atom. The zero-order valence-electron chi connectivity index (χ0n) is 10.7. The third-order valence-electron chi connectivity index (χ3n) is 3.15. The zero-order chi connectivity index (χ0) is 13.1. The molecule has 2 aromatic rings. The van der Waals surface area contributed by atoms with Crippen LogP contribution in [0.2, 0.25) is 0 Å². The SMILES string of the molecule is CCc1ccc(C(O)c2ccc(C)cc2F)cc1. The van der Waals surface area contributed by atoms with Crippen LogP contribution in [0.5, 0.6) is 0 Å². The van der Waals surface area contributed by atoms with Gasteiger partial charge in [0, 0.05) is 5.56 Å². The van der Waals surface area contributed by atoms with Crippen molar-refractivity contribution >= 4 is 0 Å². The molecule has 1 nitrogen and oxygen atoms in total. The monoisotopic (exact) mass is 244 g/mol. The molecule has 94 valence electrons. The summed E-state index contributed by atoms with van der Waals surface area (Å²) in [5, 5.41) is 10.2. The Labute approximate surface area is 107 Å². The lowest BCUT2D eigenvalue weighted by molar-refractivity contribution is 0.215. The summed E-state index contributed by atoms with van der Waals surface area (Å²) in [7, 11) is 0. The first-order valence-electron chi connectivity index (χ1n) is 6.14. The van der Waals surface area contributed by atoms with E-state index >= 15 is 0 Å². The minimum absolute atomic E-state index is 0.324. The van der Waals surface area contributed by atoms with Crippen LogP contribution >= 0.6 is 0 Å². The summed E-state index contributed by atoms with van der Waals surface area (Å²) in [6.07, 6.45) is 0.0476. The largest absolute Gasteiger partial charge is 0.384 e. The van der Waals surface area contributed by atoms with Crippen molar-refractivity contribution in [1.82, 2.24) is 0 Å². The van der Waals surface area contributed by atoms with E-state index < -0.39 is 6.10 Å². The summed E-state index contributed by atoms with van der Waals surface area (Å²) in [6, 6.07) is 12.5. The minimum Gasteiger partial charge on any atom is -0.384 e. The number of hydrogen-bond acceptors (Lipinski definition) is 1. The number of hydrogen-bond donors (Lipinski definition) is 1. The van der Waals surface area contributed by atoms with Crippen LogP contribution in [0.15, 0.2) is 42.5 Å². The highest BCUT2D eigenvalue weighted by atomic mass is 19.1. The van der Waals surface area contributed by atoms with Gasteiger partial charge in [-0.3, -0.25) is 0 Å². The van der Waals surface area contributed by atoms with E-state index in [-0.39, 0.29) is 5.82 Å². The maximum absolute atomic E-state index is 13.8. The Hall–Kier alpha value is -1.67. The van der Waals surface area contributed by atoms with Gasteiger partial charge in [0.1, 0.15) is 11.9 Å². The van der Waals surface area contributed by atoms with E-state index in [1.165, 1.54) is 11.6 Å². The lowest BCUT2D eigenvalue weighted by Gasteiger charge is -2.13. The normalized spacial score (nSPS) is 12.4. The van der Waals surface area contributed by atoms with Gasteiger partial charge in [0.2, 0.25) is 0 Å². The molecule has 0 aliphatic rings. The first kappa shape index (κ1) is 12.8. The summed E-state index contributed by atoms with van der Waals surface area (Å²) >= 11 is 0. The molecule has 0 saturated carbocycles. The standard InChI is InChI=1S/C16H17FO/c1-3-12-5-7-13(8-6-12)16(18)14-9-4-11(2)10-15(14)17/h4-10,16,18H,3H2,1-2H3. The van der Waals surface area contributed by atoms with Crippen LogP contribution in [0.1, 0.15) is 35.3 Å².